The summed E-state index contributed by atoms with van der Waals surface area (Å²) >= 11 is 0. The average Bonchev–Trinajstić information content (AvgIpc) is 2.38. The number of esters is 1. The smallest absolute Gasteiger partial charge is 0.324 e. The number of nitriles is 1. The second-order valence-electron chi connectivity index (χ2n) is 7.13. The third-order valence-electron chi connectivity index (χ3n) is 6.17. The number of hydrogen-bond acceptors (Lipinski definition) is 3. The van der Waals surface area contributed by atoms with E-state index in [4.69, 9.17) is 5.26 Å². The van der Waals surface area contributed by atoms with E-state index in [1.54, 1.807) is 0 Å². The lowest BCUT2D eigenvalue weighted by Crippen LogP contribution is -2.47. The predicted octanol–water partition coefficient (Wildman–Crippen LogP) is 4.03. The van der Waals surface area contributed by atoms with Gasteiger partial charge in [-0.2, -0.15) is 0 Å². The minimum atomic E-state index is -0.351. The molecule has 0 heterocycles. The van der Waals surface area contributed by atoms with Crippen LogP contribution in [0.4, 0.5) is 0 Å². The summed E-state index contributed by atoms with van der Waals surface area (Å²) in [4.78, 5) is 11.7. The maximum Gasteiger partial charge on any atom is 0.324 e. The molecule has 0 radical (unpaired) electrons. The van der Waals surface area contributed by atoms with Crippen LogP contribution in [0.15, 0.2) is 0 Å². The first kappa shape index (κ1) is 14.4. The summed E-state index contributed by atoms with van der Waals surface area (Å²) in [5.74, 6) is -0.129. The highest BCUT2D eigenvalue weighted by Crippen LogP contribution is 2.60. The number of carbonyl (C=O) groups excluding carboxylic acids is 1. The quantitative estimate of drug-likeness (QED) is 0.558. The number of nitrogens with zero attached hydrogens (tertiary/aromatic N) is 1. The third-order valence-corrected chi connectivity index (χ3v) is 6.17. The monoisotopic (exact) mass is 263 g/mol. The van der Waals surface area contributed by atoms with Crippen molar-refractivity contribution in [3.8, 4) is 6.26 Å². The second-order valence-corrected chi connectivity index (χ2v) is 7.13. The normalized spacial score (nSPS) is 39.8. The van der Waals surface area contributed by atoms with Crippen molar-refractivity contribution in [1.82, 2.24) is 0 Å². The van der Waals surface area contributed by atoms with Crippen molar-refractivity contribution in [2.24, 2.45) is 22.7 Å². The van der Waals surface area contributed by atoms with Crippen molar-refractivity contribution in [3.63, 3.8) is 0 Å². The first-order valence-electron chi connectivity index (χ1n) is 7.52. The number of carbonyl (C=O) groups is 1. The minimum absolute atomic E-state index is 0.150. The predicted molar refractivity (Wildman–Crippen MR) is 72.9 cm³/mol. The lowest BCUT2D eigenvalue weighted by atomic mass is 9.49. The number of hydrogen-bond donors (Lipinski definition) is 0. The topological polar surface area (TPSA) is 50.1 Å². The fraction of sp³-hybridized carbons (Fsp3) is 0.875. The van der Waals surface area contributed by atoms with Gasteiger partial charge in [0.1, 0.15) is 0 Å². The Hall–Kier alpha value is -1.04. The van der Waals surface area contributed by atoms with Crippen LogP contribution in [0.2, 0.25) is 0 Å². The van der Waals surface area contributed by atoms with E-state index in [0.717, 1.165) is 12.8 Å². The van der Waals surface area contributed by atoms with Gasteiger partial charge in [-0.25, -0.2) is 0 Å². The SMILES string of the molecule is CC(C(=O)OC#N)[C@@H]1CC[C@]2(C)CCCC[C@]2(C)C1. The summed E-state index contributed by atoms with van der Waals surface area (Å²) in [6.45, 7) is 6.75. The molecule has 0 bridgehead atoms. The van der Waals surface area contributed by atoms with E-state index in [-0.39, 0.29) is 11.9 Å². The fourth-order valence-electron chi connectivity index (χ4n) is 4.35. The molecule has 0 aliphatic heterocycles. The zero-order chi connectivity index (χ0) is 14.1. The molecule has 3 heteroatoms. The fourth-order valence-corrected chi connectivity index (χ4v) is 4.35. The second kappa shape index (κ2) is 5.15. The number of ether oxygens (including phenoxy) is 1. The molecule has 1 unspecified atom stereocenters. The van der Waals surface area contributed by atoms with Crippen LogP contribution < -0.4 is 0 Å². The Bertz CT molecular complexity index is 400. The summed E-state index contributed by atoms with van der Waals surface area (Å²) in [6.07, 6.45) is 10.2. The molecule has 2 fully saturated rings. The molecule has 0 aromatic heterocycles. The van der Waals surface area contributed by atoms with Crippen molar-refractivity contribution in [2.45, 2.75) is 65.7 Å². The molecule has 0 spiro atoms. The standard InChI is InChI=1S/C16H25NO2/c1-12(14(18)19-11-17)13-6-9-15(2)7-4-5-8-16(15,3)10-13/h12-13H,4-10H2,1-3H3/t12?,13-,15+,16-/m1/s1. The van der Waals surface area contributed by atoms with Gasteiger partial charge in [0, 0.05) is 0 Å². The van der Waals surface area contributed by atoms with Crippen LogP contribution in [-0.2, 0) is 9.53 Å². The van der Waals surface area contributed by atoms with E-state index in [1.807, 2.05) is 6.92 Å². The molecule has 2 aliphatic carbocycles. The van der Waals surface area contributed by atoms with Gasteiger partial charge in [0.2, 0.25) is 0 Å². The van der Waals surface area contributed by atoms with Gasteiger partial charge in [0.05, 0.1) is 5.92 Å². The highest BCUT2D eigenvalue weighted by Gasteiger charge is 2.51. The van der Waals surface area contributed by atoms with Gasteiger partial charge in [0.15, 0.2) is 0 Å². The zero-order valence-corrected chi connectivity index (χ0v) is 12.4. The Kier molecular flexibility index (Phi) is 3.90. The van der Waals surface area contributed by atoms with Crippen molar-refractivity contribution in [1.29, 1.82) is 5.26 Å². The minimum Gasteiger partial charge on any atom is -0.351 e. The lowest BCUT2D eigenvalue weighted by molar-refractivity contribution is -0.146. The van der Waals surface area contributed by atoms with Gasteiger partial charge in [-0.15, -0.1) is 5.26 Å². The third kappa shape index (κ3) is 2.50. The molecule has 0 N–H and O–H groups in total. The van der Waals surface area contributed by atoms with Gasteiger partial charge < -0.3 is 4.74 Å². The molecule has 19 heavy (non-hydrogen) atoms. The van der Waals surface area contributed by atoms with E-state index in [1.165, 1.54) is 38.4 Å². The Morgan fingerprint density at radius 3 is 2.53 bits per heavy atom. The van der Waals surface area contributed by atoms with Gasteiger partial charge >= 0.3 is 5.97 Å². The summed E-state index contributed by atoms with van der Waals surface area (Å²) in [7, 11) is 0. The maximum absolute atomic E-state index is 11.7. The Morgan fingerprint density at radius 2 is 1.89 bits per heavy atom. The van der Waals surface area contributed by atoms with Crippen molar-refractivity contribution < 1.29 is 9.53 Å². The molecule has 0 aromatic carbocycles. The van der Waals surface area contributed by atoms with Crippen LogP contribution in [0, 0.1) is 34.2 Å². The van der Waals surface area contributed by atoms with Crippen LogP contribution in [0.1, 0.15) is 65.7 Å². The number of rotatable bonds is 2. The molecular weight excluding hydrogens is 238 g/mol. The van der Waals surface area contributed by atoms with Crippen LogP contribution >= 0.6 is 0 Å². The molecular formula is C16H25NO2. The largest absolute Gasteiger partial charge is 0.351 e. The Balaban J connectivity index is 2.08. The first-order chi connectivity index (χ1) is 8.92. The summed E-state index contributed by atoms with van der Waals surface area (Å²) in [5, 5.41) is 8.47. The highest BCUT2D eigenvalue weighted by atomic mass is 16.5. The van der Waals surface area contributed by atoms with E-state index in [9.17, 15) is 4.79 Å². The van der Waals surface area contributed by atoms with Crippen molar-refractivity contribution in [3.05, 3.63) is 0 Å². The number of fused-ring (bicyclic) bond motifs is 1. The summed E-state index contributed by atoms with van der Waals surface area (Å²) in [6, 6.07) is 0. The average molecular weight is 263 g/mol. The zero-order valence-electron chi connectivity index (χ0n) is 12.4. The molecule has 4 atom stereocenters. The van der Waals surface area contributed by atoms with Gasteiger partial charge in [-0.3, -0.25) is 4.79 Å². The van der Waals surface area contributed by atoms with Gasteiger partial charge in [0.25, 0.3) is 6.26 Å². The van der Waals surface area contributed by atoms with Gasteiger partial charge in [-0.1, -0.05) is 33.6 Å². The van der Waals surface area contributed by atoms with E-state index in [0.29, 0.717) is 16.7 Å². The Labute approximate surface area is 116 Å². The molecule has 0 saturated heterocycles. The molecule has 106 valence electrons. The molecule has 0 amide bonds. The van der Waals surface area contributed by atoms with Crippen molar-refractivity contribution >= 4 is 5.97 Å². The van der Waals surface area contributed by atoms with E-state index >= 15 is 0 Å². The summed E-state index contributed by atoms with van der Waals surface area (Å²) < 4.78 is 4.52. The molecule has 2 aliphatic rings. The highest BCUT2D eigenvalue weighted by molar-refractivity contribution is 5.73. The first-order valence-corrected chi connectivity index (χ1v) is 7.52. The lowest BCUT2D eigenvalue weighted by Gasteiger charge is -2.56. The van der Waals surface area contributed by atoms with Crippen LogP contribution in [0.3, 0.4) is 0 Å². The maximum atomic E-state index is 11.7. The van der Waals surface area contributed by atoms with Crippen LogP contribution in [0.5, 0.6) is 0 Å². The Morgan fingerprint density at radius 1 is 1.26 bits per heavy atom. The molecule has 0 aromatic rings. The van der Waals surface area contributed by atoms with E-state index < -0.39 is 0 Å². The van der Waals surface area contributed by atoms with Crippen molar-refractivity contribution in [2.75, 3.05) is 0 Å². The van der Waals surface area contributed by atoms with Crippen LogP contribution in [0.25, 0.3) is 0 Å². The molecule has 2 rings (SSSR count). The summed E-state index contributed by atoms with van der Waals surface area (Å²) in [5.41, 5.74) is 0.802. The van der Waals surface area contributed by atoms with E-state index in [2.05, 4.69) is 18.6 Å². The van der Waals surface area contributed by atoms with Gasteiger partial charge in [-0.05, 0) is 48.9 Å². The molecule has 2 saturated carbocycles. The van der Waals surface area contributed by atoms with Crippen LogP contribution in [-0.4, -0.2) is 5.97 Å². The molecule has 3 nitrogen and oxygen atoms in total.